The molecule has 0 amide bonds. The van der Waals surface area contributed by atoms with E-state index in [4.69, 9.17) is 9.47 Å². The predicted molar refractivity (Wildman–Crippen MR) is 124 cm³/mol. The van der Waals surface area contributed by atoms with Gasteiger partial charge in [-0.05, 0) is 91.7 Å². The molecule has 156 valence electrons. The van der Waals surface area contributed by atoms with Crippen molar-refractivity contribution in [1.29, 1.82) is 0 Å². The summed E-state index contributed by atoms with van der Waals surface area (Å²) < 4.78 is 12.9. The lowest BCUT2D eigenvalue weighted by Crippen LogP contribution is -2.16. The largest absolute Gasteiger partial charge is 0.490 e. The molecule has 3 rings (SSSR count). The lowest BCUT2D eigenvalue weighted by Gasteiger charge is -2.16. The Kier molecular flexibility index (Phi) is 8.63. The Hall–Kier alpha value is -1.78. The van der Waals surface area contributed by atoms with Crippen LogP contribution < -0.4 is 14.8 Å². The van der Waals surface area contributed by atoms with Crippen molar-refractivity contribution in [2.24, 2.45) is 0 Å². The zero-order valence-corrected chi connectivity index (χ0v) is 19.2. The van der Waals surface area contributed by atoms with E-state index in [9.17, 15) is 0 Å². The van der Waals surface area contributed by atoms with Gasteiger partial charge in [0.2, 0.25) is 0 Å². The Labute approximate surface area is 183 Å². The van der Waals surface area contributed by atoms with Gasteiger partial charge in [0, 0.05) is 6.54 Å². The van der Waals surface area contributed by atoms with Crippen LogP contribution in [0.1, 0.15) is 55.7 Å². The minimum atomic E-state index is 0.521. The molecule has 0 spiro atoms. The van der Waals surface area contributed by atoms with Crippen LogP contribution in [0.25, 0.3) is 0 Å². The summed E-state index contributed by atoms with van der Waals surface area (Å²) >= 11 is 3.69. The molecule has 0 saturated carbocycles. The van der Waals surface area contributed by atoms with E-state index in [2.05, 4.69) is 70.6 Å². The Morgan fingerprint density at radius 3 is 2.72 bits per heavy atom. The van der Waals surface area contributed by atoms with E-state index in [1.807, 2.05) is 6.92 Å². The monoisotopic (exact) mass is 457 g/mol. The Balaban J connectivity index is 1.60. The molecule has 0 heterocycles. The summed E-state index contributed by atoms with van der Waals surface area (Å²) in [7, 11) is 0. The first-order valence-corrected chi connectivity index (χ1v) is 11.5. The first-order valence-electron chi connectivity index (χ1n) is 10.7. The number of benzene rings is 2. The second kappa shape index (κ2) is 11.4. The average Bonchev–Trinajstić information content (AvgIpc) is 2.72. The summed E-state index contributed by atoms with van der Waals surface area (Å²) in [5, 5.41) is 3.57. The number of hydrogen-bond donors (Lipinski definition) is 1. The topological polar surface area (TPSA) is 30.5 Å². The van der Waals surface area contributed by atoms with Gasteiger partial charge in [-0.15, -0.1) is 0 Å². The van der Waals surface area contributed by atoms with E-state index in [0.29, 0.717) is 13.2 Å². The van der Waals surface area contributed by atoms with Crippen molar-refractivity contribution < 1.29 is 9.47 Å². The summed E-state index contributed by atoms with van der Waals surface area (Å²) in [5.41, 5.74) is 5.20. The molecule has 0 saturated heterocycles. The Bertz CT molecular complexity index is 832. The van der Waals surface area contributed by atoms with Crippen LogP contribution in [0.3, 0.4) is 0 Å². The van der Waals surface area contributed by atoms with Gasteiger partial charge < -0.3 is 14.8 Å². The first-order chi connectivity index (χ1) is 14.2. The summed E-state index contributed by atoms with van der Waals surface area (Å²) in [5.74, 6) is 1.56. The molecule has 0 unspecified atom stereocenters. The first kappa shape index (κ1) is 21.9. The number of rotatable bonds is 10. The maximum absolute atomic E-state index is 6.12. The van der Waals surface area contributed by atoms with Crippen LogP contribution in [0, 0.1) is 6.92 Å². The number of halogens is 1. The van der Waals surface area contributed by atoms with Crippen molar-refractivity contribution >= 4 is 15.9 Å². The third-order valence-electron chi connectivity index (χ3n) is 5.17. The fourth-order valence-corrected chi connectivity index (χ4v) is 4.30. The molecule has 0 aromatic heterocycles. The molecule has 0 bridgehead atoms. The van der Waals surface area contributed by atoms with Crippen LogP contribution in [0.15, 0.2) is 52.5 Å². The van der Waals surface area contributed by atoms with Crippen LogP contribution in [0.4, 0.5) is 0 Å². The Morgan fingerprint density at radius 1 is 1.07 bits per heavy atom. The van der Waals surface area contributed by atoms with Gasteiger partial charge in [-0.3, -0.25) is 0 Å². The summed E-state index contributed by atoms with van der Waals surface area (Å²) in [6.45, 7) is 7.06. The van der Waals surface area contributed by atoms with Gasteiger partial charge in [0.05, 0.1) is 11.1 Å². The number of allylic oxidation sites excluding steroid dienone is 1. The molecule has 1 N–H and O–H groups in total. The molecular formula is C25H32BrNO2. The molecule has 2 aromatic rings. The molecule has 4 heteroatoms. The van der Waals surface area contributed by atoms with E-state index in [1.54, 1.807) is 5.57 Å². The molecule has 1 aliphatic rings. The van der Waals surface area contributed by atoms with Crippen LogP contribution in [0.2, 0.25) is 0 Å². The third-order valence-corrected chi connectivity index (χ3v) is 5.76. The smallest absolute Gasteiger partial charge is 0.175 e. The zero-order valence-electron chi connectivity index (χ0n) is 17.6. The van der Waals surface area contributed by atoms with Crippen LogP contribution in [-0.2, 0) is 13.2 Å². The van der Waals surface area contributed by atoms with Gasteiger partial charge in [0.15, 0.2) is 11.5 Å². The van der Waals surface area contributed by atoms with E-state index in [-0.39, 0.29) is 0 Å². The van der Waals surface area contributed by atoms with Crippen molar-refractivity contribution in [3.8, 4) is 11.5 Å². The highest BCUT2D eigenvalue weighted by molar-refractivity contribution is 9.10. The maximum Gasteiger partial charge on any atom is 0.175 e. The molecule has 3 nitrogen and oxygen atoms in total. The number of hydrogen-bond acceptors (Lipinski definition) is 3. The summed E-state index contributed by atoms with van der Waals surface area (Å²) in [6.07, 6.45) is 8.80. The summed E-state index contributed by atoms with van der Waals surface area (Å²) in [6, 6.07) is 12.6. The van der Waals surface area contributed by atoms with Crippen molar-refractivity contribution in [3.05, 3.63) is 69.2 Å². The second-order valence-electron chi connectivity index (χ2n) is 7.65. The van der Waals surface area contributed by atoms with Gasteiger partial charge in [-0.1, -0.05) is 41.5 Å². The molecule has 1 aliphatic carbocycles. The van der Waals surface area contributed by atoms with E-state index < -0.39 is 0 Å². The van der Waals surface area contributed by atoms with Gasteiger partial charge in [-0.2, -0.15) is 0 Å². The number of aryl methyl sites for hydroxylation is 1. The molecular weight excluding hydrogens is 426 g/mol. The van der Waals surface area contributed by atoms with Crippen LogP contribution in [0.5, 0.6) is 11.5 Å². The fraction of sp³-hybridized carbons (Fsp3) is 0.440. The summed E-state index contributed by atoms with van der Waals surface area (Å²) in [4.78, 5) is 0. The van der Waals surface area contributed by atoms with Gasteiger partial charge in [0.25, 0.3) is 0 Å². The quantitative estimate of drug-likeness (QED) is 0.317. The van der Waals surface area contributed by atoms with Gasteiger partial charge in [-0.25, -0.2) is 0 Å². The highest BCUT2D eigenvalue weighted by Crippen LogP contribution is 2.37. The van der Waals surface area contributed by atoms with Crippen molar-refractivity contribution in [2.45, 2.75) is 59.1 Å². The third kappa shape index (κ3) is 6.90. The minimum absolute atomic E-state index is 0.521. The normalized spacial score (nSPS) is 13.8. The van der Waals surface area contributed by atoms with Crippen LogP contribution >= 0.6 is 15.9 Å². The predicted octanol–water partition coefficient (Wildman–Crippen LogP) is 6.72. The number of nitrogens with one attached hydrogen (secondary N) is 1. The highest BCUT2D eigenvalue weighted by Gasteiger charge is 2.13. The average molecular weight is 458 g/mol. The SMILES string of the molecule is CCOc1cc(CNCCC2=CCCCC2)cc(Br)c1OCc1cccc(C)c1. The van der Waals surface area contributed by atoms with Crippen molar-refractivity contribution in [3.63, 3.8) is 0 Å². The standard InChI is InChI=1S/C25H32BrNO2/c1-3-28-24-16-22(17-27-13-12-20-9-5-4-6-10-20)15-23(26)25(24)29-18-21-11-7-8-19(2)14-21/h7-9,11,14-16,27H,3-6,10,12-13,17-18H2,1-2H3. The van der Waals surface area contributed by atoms with E-state index in [0.717, 1.165) is 41.0 Å². The maximum atomic E-state index is 6.12. The lowest BCUT2D eigenvalue weighted by atomic mass is 9.97. The fourth-order valence-electron chi connectivity index (χ4n) is 3.70. The van der Waals surface area contributed by atoms with Gasteiger partial charge in [0.1, 0.15) is 6.61 Å². The molecule has 0 fully saturated rings. The Morgan fingerprint density at radius 2 is 1.97 bits per heavy atom. The molecule has 0 aliphatic heterocycles. The molecule has 0 radical (unpaired) electrons. The second-order valence-corrected chi connectivity index (χ2v) is 8.50. The van der Waals surface area contributed by atoms with Crippen molar-refractivity contribution in [2.75, 3.05) is 13.2 Å². The van der Waals surface area contributed by atoms with Crippen molar-refractivity contribution in [1.82, 2.24) is 5.32 Å². The van der Waals surface area contributed by atoms with E-state index in [1.165, 1.54) is 36.8 Å². The number of ether oxygens (including phenoxy) is 2. The minimum Gasteiger partial charge on any atom is -0.490 e. The molecule has 2 aromatic carbocycles. The van der Waals surface area contributed by atoms with Gasteiger partial charge >= 0.3 is 0 Å². The molecule has 29 heavy (non-hydrogen) atoms. The zero-order chi connectivity index (χ0) is 20.5. The van der Waals surface area contributed by atoms with E-state index >= 15 is 0 Å². The van der Waals surface area contributed by atoms with Crippen LogP contribution in [-0.4, -0.2) is 13.2 Å². The molecule has 0 atom stereocenters. The highest BCUT2D eigenvalue weighted by atomic mass is 79.9. The lowest BCUT2D eigenvalue weighted by molar-refractivity contribution is 0.267.